The van der Waals surface area contributed by atoms with Gasteiger partial charge in [0.2, 0.25) is 5.91 Å². The molecule has 1 aromatic carbocycles. The summed E-state index contributed by atoms with van der Waals surface area (Å²) in [5.41, 5.74) is 1.27. The Hall–Kier alpha value is -2.08. The number of methoxy groups -OCH3 is 1. The molecule has 1 amide bonds. The molecule has 0 saturated heterocycles. The third-order valence-corrected chi connectivity index (χ3v) is 7.83. The van der Waals surface area contributed by atoms with Crippen LogP contribution in [0, 0.1) is 11.3 Å². The van der Waals surface area contributed by atoms with E-state index >= 15 is 0 Å². The number of benzene rings is 1. The van der Waals surface area contributed by atoms with E-state index in [0.717, 1.165) is 31.4 Å². The maximum atomic E-state index is 12.3. The van der Waals surface area contributed by atoms with Crippen molar-refractivity contribution in [2.75, 3.05) is 7.11 Å². The Labute approximate surface area is 172 Å². The minimum absolute atomic E-state index is 0.0848. The van der Waals surface area contributed by atoms with Crippen molar-refractivity contribution in [3.8, 4) is 5.75 Å². The second kappa shape index (κ2) is 7.01. The van der Waals surface area contributed by atoms with E-state index in [4.69, 9.17) is 9.47 Å². The highest BCUT2D eigenvalue weighted by atomic mass is 16.5. The number of amides is 1. The first-order valence-electron chi connectivity index (χ1n) is 10.5. The van der Waals surface area contributed by atoms with Gasteiger partial charge in [-0.25, -0.2) is 0 Å². The van der Waals surface area contributed by atoms with Crippen molar-refractivity contribution in [3.05, 3.63) is 29.3 Å². The van der Waals surface area contributed by atoms with E-state index in [-0.39, 0.29) is 23.7 Å². The summed E-state index contributed by atoms with van der Waals surface area (Å²) in [4.78, 5) is 24.1. The highest BCUT2D eigenvalue weighted by molar-refractivity contribution is 5.74. The standard InChI is InChI=1S/C23H31NO5/c1-13(25)24-23-19-8-5-15-11-16(28-4)6-7-17(15)18(19)9-10-22(23,3)21(12-20(23)27)29-14(2)26/h6-7,11,18-21,27H,5,8-10,12H2,1-4H3,(H,24,25). The fraction of sp³-hybridized carbons (Fsp3) is 0.652. The minimum atomic E-state index is -0.806. The van der Waals surface area contributed by atoms with Crippen LogP contribution in [0.5, 0.6) is 5.75 Å². The average Bonchev–Trinajstić information content (AvgIpc) is 2.87. The lowest BCUT2D eigenvalue weighted by molar-refractivity contribution is -0.158. The first kappa shape index (κ1) is 20.2. The fourth-order valence-electron chi connectivity index (χ4n) is 6.70. The maximum absolute atomic E-state index is 12.3. The molecule has 29 heavy (non-hydrogen) atoms. The number of nitrogens with one attached hydrogen (secondary N) is 1. The molecule has 2 fully saturated rings. The maximum Gasteiger partial charge on any atom is 0.302 e. The van der Waals surface area contributed by atoms with Gasteiger partial charge in [-0.1, -0.05) is 13.0 Å². The predicted octanol–water partition coefficient (Wildman–Crippen LogP) is 2.71. The Morgan fingerprint density at radius 2 is 2.00 bits per heavy atom. The lowest BCUT2D eigenvalue weighted by Crippen LogP contribution is -2.70. The molecule has 2 saturated carbocycles. The number of fused-ring (bicyclic) bond motifs is 5. The van der Waals surface area contributed by atoms with Gasteiger partial charge >= 0.3 is 5.97 Å². The zero-order valence-electron chi connectivity index (χ0n) is 17.7. The van der Waals surface area contributed by atoms with E-state index < -0.39 is 23.2 Å². The lowest BCUT2D eigenvalue weighted by atomic mass is 9.50. The average molecular weight is 402 g/mol. The summed E-state index contributed by atoms with van der Waals surface area (Å²) in [6.45, 7) is 4.99. The molecule has 6 unspecified atom stereocenters. The summed E-state index contributed by atoms with van der Waals surface area (Å²) in [6.07, 6.45) is 2.64. The first-order chi connectivity index (χ1) is 13.7. The van der Waals surface area contributed by atoms with E-state index in [1.165, 1.54) is 25.0 Å². The van der Waals surface area contributed by atoms with Crippen molar-refractivity contribution in [2.45, 2.75) is 76.5 Å². The lowest BCUT2D eigenvalue weighted by Gasteiger charge is -2.59. The number of ether oxygens (including phenoxy) is 2. The smallest absolute Gasteiger partial charge is 0.302 e. The van der Waals surface area contributed by atoms with Crippen LogP contribution in [0.1, 0.15) is 63.5 Å². The predicted molar refractivity (Wildman–Crippen MR) is 108 cm³/mol. The molecule has 0 radical (unpaired) electrons. The van der Waals surface area contributed by atoms with Crippen LogP contribution in [-0.2, 0) is 20.7 Å². The van der Waals surface area contributed by atoms with Crippen molar-refractivity contribution in [2.24, 2.45) is 11.3 Å². The molecular weight excluding hydrogens is 370 g/mol. The van der Waals surface area contributed by atoms with Crippen LogP contribution >= 0.6 is 0 Å². The molecule has 0 bridgehead atoms. The second-order valence-electron chi connectivity index (χ2n) is 9.17. The summed E-state index contributed by atoms with van der Waals surface area (Å²) in [6, 6.07) is 6.24. The van der Waals surface area contributed by atoms with Gasteiger partial charge in [-0.2, -0.15) is 0 Å². The summed E-state index contributed by atoms with van der Waals surface area (Å²) in [5, 5.41) is 14.5. The normalized spacial score (nSPS) is 37.7. The van der Waals surface area contributed by atoms with Gasteiger partial charge in [0.05, 0.1) is 18.8 Å². The third kappa shape index (κ3) is 2.87. The minimum Gasteiger partial charge on any atom is -0.497 e. The molecule has 1 aromatic rings. The molecule has 6 atom stereocenters. The van der Waals surface area contributed by atoms with E-state index in [2.05, 4.69) is 24.4 Å². The Kier molecular flexibility index (Phi) is 4.88. The number of aryl methyl sites for hydroxylation is 1. The molecule has 158 valence electrons. The molecule has 3 aliphatic carbocycles. The van der Waals surface area contributed by atoms with Gasteiger partial charge < -0.3 is 19.9 Å². The van der Waals surface area contributed by atoms with Crippen molar-refractivity contribution >= 4 is 11.9 Å². The largest absolute Gasteiger partial charge is 0.497 e. The van der Waals surface area contributed by atoms with Crippen molar-refractivity contribution in [1.82, 2.24) is 5.32 Å². The number of esters is 1. The van der Waals surface area contributed by atoms with Crippen LogP contribution in [0.4, 0.5) is 0 Å². The van der Waals surface area contributed by atoms with Gasteiger partial charge in [0.25, 0.3) is 0 Å². The van der Waals surface area contributed by atoms with Crippen LogP contribution in [0.15, 0.2) is 18.2 Å². The second-order valence-corrected chi connectivity index (χ2v) is 9.17. The molecule has 4 rings (SSSR count). The Balaban J connectivity index is 1.80. The number of hydrogen-bond donors (Lipinski definition) is 2. The third-order valence-electron chi connectivity index (χ3n) is 7.83. The molecule has 6 nitrogen and oxygen atoms in total. The van der Waals surface area contributed by atoms with Crippen LogP contribution in [0.25, 0.3) is 0 Å². The number of aliphatic hydroxyl groups excluding tert-OH is 1. The zero-order chi connectivity index (χ0) is 21.0. The SMILES string of the molecule is COc1ccc2c(c1)CCC1C2CCC2(C)C(OC(C)=O)CC(O)C12NC(C)=O. The molecule has 2 N–H and O–H groups in total. The Bertz CT molecular complexity index is 839. The molecular formula is C23H31NO5. The highest BCUT2D eigenvalue weighted by Crippen LogP contribution is 2.63. The molecule has 0 heterocycles. The topological polar surface area (TPSA) is 84.9 Å². The number of hydrogen-bond acceptors (Lipinski definition) is 5. The quantitative estimate of drug-likeness (QED) is 0.761. The number of carbonyl (C=O) groups is 2. The van der Waals surface area contributed by atoms with Gasteiger partial charge in [0.15, 0.2) is 0 Å². The van der Waals surface area contributed by atoms with E-state index in [1.54, 1.807) is 7.11 Å². The number of aliphatic hydroxyl groups is 1. The summed E-state index contributed by atoms with van der Waals surface area (Å²) in [7, 11) is 1.68. The summed E-state index contributed by atoms with van der Waals surface area (Å²) < 4.78 is 11.1. The summed E-state index contributed by atoms with van der Waals surface area (Å²) in [5.74, 6) is 0.692. The van der Waals surface area contributed by atoms with Crippen LogP contribution in [-0.4, -0.2) is 41.8 Å². The van der Waals surface area contributed by atoms with Crippen LogP contribution in [0.3, 0.4) is 0 Å². The van der Waals surface area contributed by atoms with Gasteiger partial charge in [-0.3, -0.25) is 9.59 Å². The van der Waals surface area contributed by atoms with Gasteiger partial charge in [-0.05, 0) is 60.8 Å². The van der Waals surface area contributed by atoms with E-state index in [9.17, 15) is 14.7 Å². The molecule has 0 aromatic heterocycles. The van der Waals surface area contributed by atoms with Gasteiger partial charge in [-0.15, -0.1) is 0 Å². The molecule has 6 heteroatoms. The van der Waals surface area contributed by atoms with Gasteiger partial charge in [0.1, 0.15) is 11.9 Å². The Morgan fingerprint density at radius 1 is 1.24 bits per heavy atom. The van der Waals surface area contributed by atoms with Crippen molar-refractivity contribution in [3.63, 3.8) is 0 Å². The molecule has 0 spiro atoms. The first-order valence-corrected chi connectivity index (χ1v) is 10.5. The number of rotatable bonds is 3. The number of carbonyl (C=O) groups excluding carboxylic acids is 2. The highest BCUT2D eigenvalue weighted by Gasteiger charge is 2.70. The fourth-order valence-corrected chi connectivity index (χ4v) is 6.70. The summed E-state index contributed by atoms with van der Waals surface area (Å²) >= 11 is 0. The van der Waals surface area contributed by atoms with Crippen molar-refractivity contribution < 1.29 is 24.2 Å². The van der Waals surface area contributed by atoms with Gasteiger partial charge in [0, 0.05) is 25.7 Å². The van der Waals surface area contributed by atoms with Crippen molar-refractivity contribution in [1.29, 1.82) is 0 Å². The molecule has 0 aliphatic heterocycles. The van der Waals surface area contributed by atoms with E-state index in [1.807, 2.05) is 6.07 Å². The van der Waals surface area contributed by atoms with E-state index in [0.29, 0.717) is 6.42 Å². The van der Waals surface area contributed by atoms with Crippen LogP contribution in [0.2, 0.25) is 0 Å². The molecule has 3 aliphatic rings. The zero-order valence-corrected chi connectivity index (χ0v) is 17.7. The van der Waals surface area contributed by atoms with Crippen LogP contribution < -0.4 is 10.1 Å². The monoisotopic (exact) mass is 401 g/mol. The Morgan fingerprint density at radius 3 is 2.66 bits per heavy atom.